The van der Waals surface area contributed by atoms with Crippen LogP contribution in [0.2, 0.25) is 5.02 Å². The van der Waals surface area contributed by atoms with Crippen LogP contribution in [0.4, 0.5) is 0 Å². The molecule has 4 nitrogen and oxygen atoms in total. The smallest absolute Gasteiger partial charge is 0.328 e. The van der Waals surface area contributed by atoms with Gasteiger partial charge in [0.15, 0.2) is 0 Å². The van der Waals surface area contributed by atoms with Crippen molar-refractivity contribution in [3.8, 4) is 0 Å². The molecule has 0 aromatic heterocycles. The third-order valence-electron chi connectivity index (χ3n) is 4.21. The first-order valence-corrected chi connectivity index (χ1v) is 8.58. The fourth-order valence-corrected chi connectivity index (χ4v) is 3.13. The molecule has 26 heavy (non-hydrogen) atoms. The first-order chi connectivity index (χ1) is 12.6. The summed E-state index contributed by atoms with van der Waals surface area (Å²) in [5.74, 6) is -0.912. The summed E-state index contributed by atoms with van der Waals surface area (Å²) in [6, 6.07) is 19.7. The van der Waals surface area contributed by atoms with Crippen molar-refractivity contribution in [3.05, 3.63) is 82.9 Å². The van der Waals surface area contributed by atoms with Crippen LogP contribution in [0.25, 0.3) is 10.8 Å². The molecule has 0 aliphatic heterocycles. The van der Waals surface area contributed by atoms with Crippen LogP contribution < -0.4 is 5.32 Å². The number of methoxy groups -OCH3 is 1. The summed E-state index contributed by atoms with van der Waals surface area (Å²) in [5, 5.41) is 5.19. The first-order valence-electron chi connectivity index (χ1n) is 8.20. The molecule has 0 saturated carbocycles. The predicted octanol–water partition coefficient (Wildman–Crippen LogP) is 4.01. The van der Waals surface area contributed by atoms with E-state index in [9.17, 15) is 9.59 Å². The number of esters is 1. The second kappa shape index (κ2) is 8.02. The van der Waals surface area contributed by atoms with Crippen LogP contribution in [0.15, 0.2) is 66.7 Å². The number of carbonyl (C=O) groups is 2. The molecule has 5 heteroatoms. The van der Waals surface area contributed by atoms with Crippen molar-refractivity contribution in [1.29, 1.82) is 0 Å². The van der Waals surface area contributed by atoms with E-state index in [0.29, 0.717) is 17.0 Å². The Kier molecular flexibility index (Phi) is 5.54. The fraction of sp³-hybridized carbons (Fsp3) is 0.143. The first kappa shape index (κ1) is 18.0. The van der Waals surface area contributed by atoms with E-state index in [0.717, 1.165) is 16.3 Å². The molecule has 1 amide bonds. The van der Waals surface area contributed by atoms with Gasteiger partial charge in [-0.1, -0.05) is 66.2 Å². The van der Waals surface area contributed by atoms with E-state index >= 15 is 0 Å². The highest BCUT2D eigenvalue weighted by atomic mass is 35.5. The predicted molar refractivity (Wildman–Crippen MR) is 102 cm³/mol. The summed E-state index contributed by atoms with van der Waals surface area (Å²) < 4.78 is 4.88. The van der Waals surface area contributed by atoms with Crippen molar-refractivity contribution in [2.24, 2.45) is 0 Å². The number of fused-ring (bicyclic) bond motifs is 1. The minimum atomic E-state index is -0.811. The minimum Gasteiger partial charge on any atom is -0.467 e. The molecular formula is C21H18ClNO3. The van der Waals surface area contributed by atoms with Gasteiger partial charge in [-0.3, -0.25) is 4.79 Å². The lowest BCUT2D eigenvalue weighted by atomic mass is 9.98. The summed E-state index contributed by atoms with van der Waals surface area (Å²) in [5.41, 5.74) is 1.28. The summed E-state index contributed by atoms with van der Waals surface area (Å²) >= 11 is 6.08. The maximum Gasteiger partial charge on any atom is 0.328 e. The molecule has 132 valence electrons. The highest BCUT2D eigenvalue weighted by molar-refractivity contribution is 6.33. The van der Waals surface area contributed by atoms with E-state index < -0.39 is 17.9 Å². The Hall–Kier alpha value is -2.85. The van der Waals surface area contributed by atoms with Crippen molar-refractivity contribution in [3.63, 3.8) is 0 Å². The maximum atomic E-state index is 12.5. The average Bonchev–Trinajstić information content (AvgIpc) is 2.67. The third kappa shape index (κ3) is 3.86. The average molecular weight is 368 g/mol. The quantitative estimate of drug-likeness (QED) is 0.693. The van der Waals surface area contributed by atoms with E-state index in [1.54, 1.807) is 24.3 Å². The van der Waals surface area contributed by atoms with Crippen LogP contribution in [0.5, 0.6) is 0 Å². The monoisotopic (exact) mass is 367 g/mol. The number of halogens is 1. The number of ether oxygens (including phenoxy) is 1. The molecule has 0 fully saturated rings. The number of nitrogens with one attached hydrogen (secondary N) is 1. The number of hydrogen-bond donors (Lipinski definition) is 1. The summed E-state index contributed by atoms with van der Waals surface area (Å²) in [6.45, 7) is 0. The minimum absolute atomic E-state index is 0.320. The van der Waals surface area contributed by atoms with Crippen LogP contribution in [-0.4, -0.2) is 25.0 Å². The molecule has 0 bridgehead atoms. The van der Waals surface area contributed by atoms with Crippen LogP contribution >= 0.6 is 11.6 Å². The molecule has 0 radical (unpaired) electrons. The van der Waals surface area contributed by atoms with Gasteiger partial charge in [0, 0.05) is 6.42 Å². The molecule has 0 unspecified atom stereocenters. The number of benzene rings is 3. The third-order valence-corrected chi connectivity index (χ3v) is 4.54. The number of rotatable bonds is 5. The Bertz CT molecular complexity index is 949. The molecule has 0 heterocycles. The molecule has 0 spiro atoms. The zero-order valence-corrected chi connectivity index (χ0v) is 15.0. The molecule has 0 aliphatic carbocycles. The summed E-state index contributed by atoms with van der Waals surface area (Å²) in [6.07, 6.45) is 0.324. The largest absolute Gasteiger partial charge is 0.467 e. The van der Waals surface area contributed by atoms with Gasteiger partial charge < -0.3 is 10.1 Å². The van der Waals surface area contributed by atoms with E-state index in [4.69, 9.17) is 16.3 Å². The Morgan fingerprint density at radius 2 is 1.69 bits per heavy atom. The van der Waals surface area contributed by atoms with Crippen molar-refractivity contribution >= 4 is 34.2 Å². The van der Waals surface area contributed by atoms with Crippen molar-refractivity contribution in [1.82, 2.24) is 5.32 Å². The highest BCUT2D eigenvalue weighted by Crippen LogP contribution is 2.21. The lowest BCUT2D eigenvalue weighted by Gasteiger charge is -2.18. The van der Waals surface area contributed by atoms with Gasteiger partial charge in [-0.25, -0.2) is 4.79 Å². The molecule has 3 aromatic rings. The molecular weight excluding hydrogens is 350 g/mol. The van der Waals surface area contributed by atoms with Crippen molar-refractivity contribution in [2.45, 2.75) is 12.5 Å². The van der Waals surface area contributed by atoms with Crippen LogP contribution in [0, 0.1) is 0 Å². The molecule has 1 N–H and O–H groups in total. The van der Waals surface area contributed by atoms with Gasteiger partial charge in [-0.05, 0) is 28.5 Å². The van der Waals surface area contributed by atoms with Gasteiger partial charge in [0.25, 0.3) is 5.91 Å². The standard InChI is InChI=1S/C21H18ClNO3/c1-26-21(25)19(23-20(24)17-11-4-5-12-18(17)22)13-15-9-6-8-14-7-2-3-10-16(14)15/h2-12,19H,13H2,1H3,(H,23,24)/t19-/m1/s1. The molecule has 0 saturated heterocycles. The SMILES string of the molecule is COC(=O)[C@@H](Cc1cccc2ccccc12)NC(=O)c1ccccc1Cl. The molecule has 3 rings (SSSR count). The second-order valence-electron chi connectivity index (χ2n) is 5.87. The van der Waals surface area contributed by atoms with Gasteiger partial charge in [0.05, 0.1) is 17.7 Å². The van der Waals surface area contributed by atoms with E-state index in [-0.39, 0.29) is 0 Å². The molecule has 1 atom stereocenters. The lowest BCUT2D eigenvalue weighted by molar-refractivity contribution is -0.142. The van der Waals surface area contributed by atoms with Gasteiger partial charge in [-0.15, -0.1) is 0 Å². The van der Waals surface area contributed by atoms with E-state index in [1.165, 1.54) is 7.11 Å². The van der Waals surface area contributed by atoms with E-state index in [2.05, 4.69) is 5.32 Å². The zero-order valence-electron chi connectivity index (χ0n) is 14.2. The van der Waals surface area contributed by atoms with Gasteiger partial charge in [0.2, 0.25) is 0 Å². The molecule has 0 aliphatic rings. The van der Waals surface area contributed by atoms with Crippen LogP contribution in [-0.2, 0) is 16.0 Å². The Morgan fingerprint density at radius 1 is 1.00 bits per heavy atom. The zero-order chi connectivity index (χ0) is 18.5. The fourth-order valence-electron chi connectivity index (χ4n) is 2.91. The second-order valence-corrected chi connectivity index (χ2v) is 6.28. The van der Waals surface area contributed by atoms with Crippen molar-refractivity contribution in [2.75, 3.05) is 7.11 Å². The number of amides is 1. The number of hydrogen-bond acceptors (Lipinski definition) is 3. The topological polar surface area (TPSA) is 55.4 Å². The highest BCUT2D eigenvalue weighted by Gasteiger charge is 2.24. The Balaban J connectivity index is 1.88. The summed E-state index contributed by atoms with van der Waals surface area (Å²) in [4.78, 5) is 24.8. The van der Waals surface area contributed by atoms with E-state index in [1.807, 2.05) is 42.5 Å². The Labute approximate surface area is 156 Å². The van der Waals surface area contributed by atoms with Crippen LogP contribution in [0.3, 0.4) is 0 Å². The van der Waals surface area contributed by atoms with Crippen LogP contribution in [0.1, 0.15) is 15.9 Å². The van der Waals surface area contributed by atoms with Gasteiger partial charge in [-0.2, -0.15) is 0 Å². The molecule has 3 aromatic carbocycles. The van der Waals surface area contributed by atoms with Gasteiger partial charge in [0.1, 0.15) is 6.04 Å². The maximum absolute atomic E-state index is 12.5. The number of carbonyl (C=O) groups excluding carboxylic acids is 2. The lowest BCUT2D eigenvalue weighted by Crippen LogP contribution is -2.43. The van der Waals surface area contributed by atoms with Crippen molar-refractivity contribution < 1.29 is 14.3 Å². The summed E-state index contributed by atoms with van der Waals surface area (Å²) in [7, 11) is 1.31. The van der Waals surface area contributed by atoms with Gasteiger partial charge >= 0.3 is 5.97 Å². The normalized spacial score (nSPS) is 11.8. The Morgan fingerprint density at radius 3 is 2.46 bits per heavy atom.